The third-order valence-corrected chi connectivity index (χ3v) is 9.44. The minimum atomic E-state index is -1.09. The van der Waals surface area contributed by atoms with Crippen LogP contribution in [0.4, 0.5) is 11.4 Å². The van der Waals surface area contributed by atoms with Gasteiger partial charge in [0.05, 0.1) is 10.6 Å². The molecule has 0 heterocycles. The molecule has 0 bridgehead atoms. The Bertz CT molecular complexity index is 1510. The van der Waals surface area contributed by atoms with E-state index in [1.54, 1.807) is 18.2 Å². The molecule has 0 unspecified atom stereocenters. The number of unbranched alkanes of at least 4 members (excludes halogenated alkanes) is 2. The molecule has 10 nitrogen and oxygen atoms in total. The van der Waals surface area contributed by atoms with Crippen LogP contribution < -0.4 is 20.7 Å². The van der Waals surface area contributed by atoms with Crippen LogP contribution in [0.3, 0.4) is 0 Å². The third kappa shape index (κ3) is 8.80. The van der Waals surface area contributed by atoms with Gasteiger partial charge in [-0.1, -0.05) is 39.3 Å². The molecule has 2 aliphatic carbocycles. The van der Waals surface area contributed by atoms with Crippen molar-refractivity contribution < 1.29 is 28.6 Å². The molecule has 2 aromatic rings. The molecule has 2 aromatic carbocycles. The quantitative estimate of drug-likeness (QED) is 0.105. The van der Waals surface area contributed by atoms with Crippen LogP contribution in [0.25, 0.3) is 0 Å². The highest BCUT2D eigenvalue weighted by Crippen LogP contribution is 2.57. The highest BCUT2D eigenvalue weighted by atomic mass is 35.5. The number of nitriles is 1. The van der Waals surface area contributed by atoms with Crippen molar-refractivity contribution in [3.63, 3.8) is 0 Å². The molecule has 0 spiro atoms. The second kappa shape index (κ2) is 14.8. The lowest BCUT2D eigenvalue weighted by molar-refractivity contribution is -0.175. The van der Waals surface area contributed by atoms with Gasteiger partial charge < -0.3 is 30.2 Å². The van der Waals surface area contributed by atoms with Crippen molar-refractivity contribution in [3.8, 4) is 11.8 Å². The number of esters is 1. The van der Waals surface area contributed by atoms with Gasteiger partial charge in [0.15, 0.2) is 0 Å². The summed E-state index contributed by atoms with van der Waals surface area (Å²) in [6.45, 7) is 14.9. The van der Waals surface area contributed by atoms with E-state index in [2.05, 4.69) is 22.0 Å². The number of nitrogens with zero attached hydrogens (tertiary/aromatic N) is 1. The summed E-state index contributed by atoms with van der Waals surface area (Å²) in [6, 6.07) is 14.3. The van der Waals surface area contributed by atoms with Crippen LogP contribution in [0, 0.1) is 27.6 Å². The average Bonchev–Trinajstić information content (AvgIpc) is 3.82. The number of anilines is 2. The molecule has 260 valence electrons. The predicted octanol–water partition coefficient (Wildman–Crippen LogP) is 6.87. The number of rotatable bonds is 15. The van der Waals surface area contributed by atoms with Crippen LogP contribution in [0.1, 0.15) is 86.1 Å². The van der Waals surface area contributed by atoms with Gasteiger partial charge in [0.1, 0.15) is 35.5 Å². The Labute approximate surface area is 289 Å². The maximum atomic E-state index is 13.6. The summed E-state index contributed by atoms with van der Waals surface area (Å²) >= 11 is 6.21. The smallest absolute Gasteiger partial charge is 0.332 e. The number of carbonyl (C=O) groups is 3. The third-order valence-electron chi connectivity index (χ3n) is 9.13. The Morgan fingerprint density at radius 1 is 0.938 bits per heavy atom. The summed E-state index contributed by atoms with van der Waals surface area (Å²) < 4.78 is 17.0. The van der Waals surface area contributed by atoms with Crippen molar-refractivity contribution >= 4 is 40.8 Å². The van der Waals surface area contributed by atoms with E-state index in [4.69, 9.17) is 31.1 Å². The van der Waals surface area contributed by atoms with Crippen molar-refractivity contribution in [3.05, 3.63) is 53.1 Å². The van der Waals surface area contributed by atoms with Crippen molar-refractivity contribution in [1.29, 1.82) is 5.26 Å². The second-order valence-corrected chi connectivity index (χ2v) is 15.4. The van der Waals surface area contributed by atoms with Crippen LogP contribution in [0.15, 0.2) is 42.5 Å². The number of halogens is 1. The lowest BCUT2D eigenvalue weighted by Crippen LogP contribution is -2.75. The summed E-state index contributed by atoms with van der Waals surface area (Å²) in [7, 11) is 0. The normalized spacial score (nSPS) is 20.0. The number of carbonyl (C=O) groups excluding carboxylic acids is 3. The fourth-order valence-corrected chi connectivity index (χ4v) is 6.95. The zero-order chi connectivity index (χ0) is 35.3. The van der Waals surface area contributed by atoms with Gasteiger partial charge in [-0.05, 0) is 89.3 Å². The number of hydrogen-bond acceptors (Lipinski definition) is 8. The topological polar surface area (TPSA) is 139 Å². The van der Waals surface area contributed by atoms with E-state index in [0.717, 1.165) is 31.5 Å². The van der Waals surface area contributed by atoms with E-state index in [1.165, 1.54) is 0 Å². The van der Waals surface area contributed by atoms with E-state index in [0.29, 0.717) is 41.5 Å². The first kappa shape index (κ1) is 37.0. The van der Waals surface area contributed by atoms with Crippen LogP contribution in [0.2, 0.25) is 5.02 Å². The van der Waals surface area contributed by atoms with E-state index in [1.807, 2.05) is 72.7 Å². The lowest BCUT2D eigenvalue weighted by Gasteiger charge is -2.63. The molecule has 2 fully saturated rings. The second-order valence-electron chi connectivity index (χ2n) is 15.0. The largest absolute Gasteiger partial charge is 0.489 e. The van der Waals surface area contributed by atoms with E-state index >= 15 is 0 Å². The van der Waals surface area contributed by atoms with Crippen LogP contribution in [-0.4, -0.2) is 55.3 Å². The average molecular weight is 681 g/mol. The molecule has 4 rings (SSSR count). The van der Waals surface area contributed by atoms with Gasteiger partial charge in [0.25, 0.3) is 0 Å². The van der Waals surface area contributed by atoms with Gasteiger partial charge >= 0.3 is 5.97 Å². The number of hydrogen-bond donors (Lipinski definition) is 3. The molecule has 0 atom stereocenters. The van der Waals surface area contributed by atoms with Crippen LogP contribution >= 0.6 is 11.6 Å². The van der Waals surface area contributed by atoms with Crippen molar-refractivity contribution in [2.24, 2.45) is 16.2 Å². The van der Waals surface area contributed by atoms with E-state index in [9.17, 15) is 14.4 Å². The Morgan fingerprint density at radius 2 is 1.58 bits per heavy atom. The molecule has 2 aliphatic rings. The van der Waals surface area contributed by atoms with Crippen molar-refractivity contribution in [2.45, 2.75) is 98.3 Å². The summed E-state index contributed by atoms with van der Waals surface area (Å²) in [5.41, 5.74) is -0.509. The Morgan fingerprint density at radius 3 is 2.17 bits per heavy atom. The maximum absolute atomic E-state index is 13.6. The van der Waals surface area contributed by atoms with Gasteiger partial charge in [0.2, 0.25) is 11.8 Å². The fraction of sp³-hybridized carbons (Fsp3) is 0.568. The first-order valence-electron chi connectivity index (χ1n) is 16.6. The minimum absolute atomic E-state index is 0.0324. The molecule has 0 saturated heterocycles. The van der Waals surface area contributed by atoms with Crippen molar-refractivity contribution in [2.75, 3.05) is 30.4 Å². The molecule has 48 heavy (non-hydrogen) atoms. The maximum Gasteiger partial charge on any atom is 0.332 e. The van der Waals surface area contributed by atoms with E-state index in [-0.39, 0.29) is 36.5 Å². The standard InChI is InChI=1S/C37H49ClN4O6/c1-34(2,3)48-29(43)23-46-20-10-8-9-19-40-25-12-14-26(15-13-25)41-32(44)37(17-18-37)33(45)42-30-35(4,5)31(36(30,6)7)47-27-16-11-24(22-39)28(38)21-27/h11-16,21,30-31,40H,8-10,17-20,23H2,1-7H3,(H,41,44)(H,42,45). The highest BCUT2D eigenvalue weighted by Gasteiger charge is 2.66. The molecule has 11 heteroatoms. The SMILES string of the molecule is CC(C)(C)OC(=O)COCCCCCNc1ccc(NC(=O)C2(C(=O)NC3C(C)(C)C(Oc4ccc(C#N)c(Cl)c4)C3(C)C)CC2)cc1. The van der Waals surface area contributed by atoms with E-state index < -0.39 is 21.8 Å². The lowest BCUT2D eigenvalue weighted by atomic mass is 9.49. The Kier molecular flexibility index (Phi) is 11.4. The summed E-state index contributed by atoms with van der Waals surface area (Å²) in [4.78, 5) is 38.6. The fourth-order valence-electron chi connectivity index (χ4n) is 6.73. The van der Waals surface area contributed by atoms with Gasteiger partial charge in [-0.15, -0.1) is 0 Å². The van der Waals surface area contributed by atoms with Gasteiger partial charge in [-0.3, -0.25) is 9.59 Å². The summed E-state index contributed by atoms with van der Waals surface area (Å²) in [5.74, 6) is -0.355. The van der Waals surface area contributed by atoms with Crippen LogP contribution in [0.5, 0.6) is 5.75 Å². The Balaban J connectivity index is 1.20. The first-order valence-corrected chi connectivity index (χ1v) is 17.0. The predicted molar refractivity (Wildman–Crippen MR) is 186 cm³/mol. The number of amides is 2. The molecule has 2 amide bonds. The zero-order valence-corrected chi connectivity index (χ0v) is 29.9. The van der Waals surface area contributed by atoms with Gasteiger partial charge in [-0.2, -0.15) is 5.26 Å². The Hall–Kier alpha value is -3.81. The number of nitrogens with one attached hydrogen (secondary N) is 3. The molecule has 3 N–H and O–H groups in total. The molecule has 2 saturated carbocycles. The minimum Gasteiger partial charge on any atom is -0.489 e. The molecule has 0 aliphatic heterocycles. The summed E-state index contributed by atoms with van der Waals surface area (Å²) in [6.07, 6.45) is 3.50. The monoisotopic (exact) mass is 680 g/mol. The number of ether oxygens (including phenoxy) is 3. The molecule has 0 aromatic heterocycles. The summed E-state index contributed by atoms with van der Waals surface area (Å²) in [5, 5.41) is 19.0. The van der Waals surface area contributed by atoms with Crippen LogP contribution in [-0.2, 0) is 23.9 Å². The highest BCUT2D eigenvalue weighted by molar-refractivity contribution is 6.31. The molecule has 0 radical (unpaired) electrons. The number of benzene rings is 2. The zero-order valence-electron chi connectivity index (χ0n) is 29.1. The van der Waals surface area contributed by atoms with Crippen molar-refractivity contribution in [1.82, 2.24) is 5.32 Å². The van der Waals surface area contributed by atoms with Gasteiger partial charge in [-0.25, -0.2) is 4.79 Å². The molecular formula is C37H49ClN4O6. The van der Waals surface area contributed by atoms with Gasteiger partial charge in [0, 0.05) is 47.5 Å². The first-order chi connectivity index (χ1) is 22.5. The molecular weight excluding hydrogens is 632 g/mol.